The number of carbonyl (C=O) groups excluding carboxylic acids is 2. The number of anilines is 2. The summed E-state index contributed by atoms with van der Waals surface area (Å²) in [5, 5.41) is 5.61. The molecule has 30 heavy (non-hydrogen) atoms. The van der Waals surface area contributed by atoms with Gasteiger partial charge in [-0.3, -0.25) is 4.79 Å². The zero-order valence-electron chi connectivity index (χ0n) is 17.6. The van der Waals surface area contributed by atoms with Crippen LogP contribution in [0.25, 0.3) is 0 Å². The van der Waals surface area contributed by atoms with E-state index >= 15 is 0 Å². The average Bonchev–Trinajstić information content (AvgIpc) is 2.93. The number of aromatic nitrogens is 1. The molecule has 0 radical (unpaired) electrons. The van der Waals surface area contributed by atoms with Gasteiger partial charge in [0.1, 0.15) is 11.6 Å². The Kier molecular flexibility index (Phi) is 6.54. The van der Waals surface area contributed by atoms with E-state index in [0.717, 1.165) is 18.8 Å². The molecule has 1 fully saturated rings. The van der Waals surface area contributed by atoms with Crippen LogP contribution in [0.2, 0.25) is 0 Å². The van der Waals surface area contributed by atoms with Gasteiger partial charge in [-0.25, -0.2) is 14.2 Å². The predicted octanol–water partition coefficient (Wildman–Crippen LogP) is 3.49. The molecule has 1 aromatic carbocycles. The van der Waals surface area contributed by atoms with Gasteiger partial charge in [-0.2, -0.15) is 0 Å². The van der Waals surface area contributed by atoms with Gasteiger partial charge in [0.05, 0.1) is 11.9 Å². The molecule has 0 spiro atoms. The summed E-state index contributed by atoms with van der Waals surface area (Å²) in [5.74, 6) is 0.219. The minimum absolute atomic E-state index is 0.159. The van der Waals surface area contributed by atoms with Crippen molar-refractivity contribution in [2.45, 2.75) is 32.7 Å². The van der Waals surface area contributed by atoms with Crippen LogP contribution in [-0.2, 0) is 0 Å². The van der Waals surface area contributed by atoms with Crippen LogP contribution in [0, 0.1) is 5.82 Å². The second kappa shape index (κ2) is 9.11. The number of pyridine rings is 1. The van der Waals surface area contributed by atoms with Gasteiger partial charge >= 0.3 is 6.03 Å². The number of nitrogens with one attached hydrogen (secondary N) is 2. The Balaban J connectivity index is 1.58. The monoisotopic (exact) mass is 413 g/mol. The van der Waals surface area contributed by atoms with E-state index in [-0.39, 0.29) is 17.5 Å². The number of amides is 3. The summed E-state index contributed by atoms with van der Waals surface area (Å²) in [4.78, 5) is 33.0. The minimum Gasteiger partial charge on any atom is -0.355 e. The molecule has 1 aliphatic rings. The SMILES string of the molecule is CC(C)(C)NC(=O)Nc1ccc(N2CCCN(C(=O)c3cccc(F)c3)CC2)nc1. The van der Waals surface area contributed by atoms with Gasteiger partial charge in [0.15, 0.2) is 0 Å². The molecule has 0 aliphatic carbocycles. The zero-order chi connectivity index (χ0) is 21.7. The Morgan fingerprint density at radius 2 is 1.87 bits per heavy atom. The zero-order valence-corrected chi connectivity index (χ0v) is 17.6. The van der Waals surface area contributed by atoms with Gasteiger partial charge in [0.25, 0.3) is 5.91 Å². The third-order valence-electron chi connectivity index (χ3n) is 4.67. The molecule has 3 rings (SSSR count). The summed E-state index contributed by atoms with van der Waals surface area (Å²) < 4.78 is 13.4. The molecule has 1 aromatic heterocycles. The van der Waals surface area contributed by atoms with E-state index < -0.39 is 5.82 Å². The second-order valence-corrected chi connectivity index (χ2v) is 8.38. The highest BCUT2D eigenvalue weighted by atomic mass is 19.1. The Hall–Kier alpha value is -3.16. The fourth-order valence-electron chi connectivity index (χ4n) is 3.30. The highest BCUT2D eigenvalue weighted by Gasteiger charge is 2.21. The Morgan fingerprint density at radius 1 is 1.07 bits per heavy atom. The first-order chi connectivity index (χ1) is 14.2. The molecule has 7 nitrogen and oxygen atoms in total. The number of halogens is 1. The van der Waals surface area contributed by atoms with Gasteiger partial charge in [0, 0.05) is 37.3 Å². The van der Waals surface area contributed by atoms with Crippen LogP contribution in [0.4, 0.5) is 20.7 Å². The van der Waals surface area contributed by atoms with Crippen molar-refractivity contribution in [3.8, 4) is 0 Å². The van der Waals surface area contributed by atoms with Crippen LogP contribution in [0.3, 0.4) is 0 Å². The molecule has 3 amide bonds. The van der Waals surface area contributed by atoms with E-state index in [2.05, 4.69) is 20.5 Å². The average molecular weight is 413 g/mol. The fraction of sp³-hybridized carbons (Fsp3) is 0.409. The smallest absolute Gasteiger partial charge is 0.319 e. The van der Waals surface area contributed by atoms with Crippen molar-refractivity contribution in [1.29, 1.82) is 0 Å². The van der Waals surface area contributed by atoms with E-state index in [1.165, 1.54) is 12.1 Å². The quantitative estimate of drug-likeness (QED) is 0.808. The molecule has 0 bridgehead atoms. The third-order valence-corrected chi connectivity index (χ3v) is 4.67. The lowest BCUT2D eigenvalue weighted by molar-refractivity contribution is 0.0766. The standard InChI is InChI=1S/C22H28FN5O2/c1-22(2,3)26-21(30)25-18-8-9-19(24-15-18)27-10-5-11-28(13-12-27)20(29)16-6-4-7-17(23)14-16/h4,6-9,14-15H,5,10-13H2,1-3H3,(H2,25,26,30). The van der Waals surface area contributed by atoms with Crippen molar-refractivity contribution in [1.82, 2.24) is 15.2 Å². The molecule has 1 saturated heterocycles. The number of hydrogen-bond donors (Lipinski definition) is 2. The van der Waals surface area contributed by atoms with E-state index in [4.69, 9.17) is 0 Å². The second-order valence-electron chi connectivity index (χ2n) is 8.38. The molecule has 2 heterocycles. The predicted molar refractivity (Wildman–Crippen MR) is 115 cm³/mol. The van der Waals surface area contributed by atoms with Gasteiger partial charge in [0.2, 0.25) is 0 Å². The number of carbonyl (C=O) groups is 2. The van der Waals surface area contributed by atoms with Crippen molar-refractivity contribution in [2.75, 3.05) is 36.4 Å². The Bertz CT molecular complexity index is 895. The van der Waals surface area contributed by atoms with Gasteiger partial charge in [-0.15, -0.1) is 0 Å². The fourth-order valence-corrected chi connectivity index (χ4v) is 3.30. The summed E-state index contributed by atoms with van der Waals surface area (Å²) in [5.41, 5.74) is 0.655. The number of urea groups is 1. The van der Waals surface area contributed by atoms with Crippen molar-refractivity contribution in [2.24, 2.45) is 0 Å². The maximum absolute atomic E-state index is 13.4. The summed E-state index contributed by atoms with van der Waals surface area (Å²) in [6.07, 6.45) is 2.41. The number of hydrogen-bond acceptors (Lipinski definition) is 4. The highest BCUT2D eigenvalue weighted by Crippen LogP contribution is 2.18. The van der Waals surface area contributed by atoms with E-state index in [9.17, 15) is 14.0 Å². The van der Waals surface area contributed by atoms with Gasteiger partial charge in [-0.05, 0) is 57.5 Å². The van der Waals surface area contributed by atoms with Gasteiger partial charge in [-0.1, -0.05) is 6.07 Å². The maximum atomic E-state index is 13.4. The topological polar surface area (TPSA) is 77.6 Å². The van der Waals surface area contributed by atoms with Crippen LogP contribution in [-0.4, -0.2) is 53.5 Å². The largest absolute Gasteiger partial charge is 0.355 e. The van der Waals surface area contributed by atoms with E-state index in [1.807, 2.05) is 32.9 Å². The Labute approximate surface area is 176 Å². The van der Waals surface area contributed by atoms with Crippen LogP contribution < -0.4 is 15.5 Å². The normalized spacial score (nSPS) is 14.8. The number of nitrogens with zero attached hydrogens (tertiary/aromatic N) is 3. The van der Waals surface area contributed by atoms with Crippen molar-refractivity contribution in [3.05, 3.63) is 54.0 Å². The molecule has 2 N–H and O–H groups in total. The van der Waals surface area contributed by atoms with E-state index in [0.29, 0.717) is 30.9 Å². The molecular formula is C22H28FN5O2. The molecular weight excluding hydrogens is 385 g/mol. The highest BCUT2D eigenvalue weighted by molar-refractivity contribution is 5.94. The van der Waals surface area contributed by atoms with Crippen LogP contribution in [0.15, 0.2) is 42.6 Å². The first-order valence-corrected chi connectivity index (χ1v) is 10.1. The molecule has 0 unspecified atom stereocenters. The lowest BCUT2D eigenvalue weighted by Gasteiger charge is -2.23. The van der Waals surface area contributed by atoms with Crippen molar-refractivity contribution < 1.29 is 14.0 Å². The first-order valence-electron chi connectivity index (χ1n) is 10.1. The van der Waals surface area contributed by atoms with Crippen molar-refractivity contribution in [3.63, 3.8) is 0 Å². The van der Waals surface area contributed by atoms with Crippen LogP contribution in [0.1, 0.15) is 37.6 Å². The van der Waals surface area contributed by atoms with Crippen molar-refractivity contribution >= 4 is 23.4 Å². The van der Waals surface area contributed by atoms with Gasteiger partial charge < -0.3 is 20.4 Å². The third kappa shape index (κ3) is 5.92. The number of benzene rings is 1. The Morgan fingerprint density at radius 3 is 2.53 bits per heavy atom. The molecule has 0 atom stereocenters. The lowest BCUT2D eigenvalue weighted by atomic mass is 10.1. The van der Waals surface area contributed by atoms with Crippen LogP contribution >= 0.6 is 0 Å². The molecule has 2 aromatic rings. The summed E-state index contributed by atoms with van der Waals surface area (Å²) in [6.45, 7) is 8.27. The van der Waals surface area contributed by atoms with E-state index in [1.54, 1.807) is 23.2 Å². The molecule has 0 saturated carbocycles. The molecule has 160 valence electrons. The molecule has 1 aliphatic heterocycles. The lowest BCUT2D eigenvalue weighted by Crippen LogP contribution is -2.43. The minimum atomic E-state index is -0.411. The first kappa shape index (κ1) is 21.5. The summed E-state index contributed by atoms with van der Waals surface area (Å²) in [7, 11) is 0. The molecule has 8 heteroatoms. The maximum Gasteiger partial charge on any atom is 0.319 e. The van der Waals surface area contributed by atoms with Crippen LogP contribution in [0.5, 0.6) is 0 Å². The number of rotatable bonds is 3. The summed E-state index contributed by atoms with van der Waals surface area (Å²) in [6, 6.07) is 9.18. The summed E-state index contributed by atoms with van der Waals surface area (Å²) >= 11 is 0.